The molecular formula is C20H22N4O2. The topological polar surface area (TPSA) is 71.3 Å². The van der Waals surface area contributed by atoms with Crippen molar-refractivity contribution in [2.24, 2.45) is 0 Å². The van der Waals surface area contributed by atoms with Gasteiger partial charge in [-0.25, -0.2) is 9.97 Å². The van der Waals surface area contributed by atoms with Crippen molar-refractivity contribution in [2.75, 3.05) is 23.3 Å². The number of oxazole rings is 1. The zero-order valence-electron chi connectivity index (χ0n) is 15.0. The van der Waals surface area contributed by atoms with Crippen LogP contribution in [0.1, 0.15) is 19.5 Å². The number of nitrogens with one attached hydrogen (secondary N) is 1. The minimum atomic E-state index is -0.157. The average Bonchev–Trinajstić information content (AvgIpc) is 3.13. The maximum Gasteiger partial charge on any atom is 0.230 e. The van der Waals surface area contributed by atoms with Crippen LogP contribution in [0.15, 0.2) is 59.3 Å². The summed E-state index contributed by atoms with van der Waals surface area (Å²) in [6.07, 6.45) is 3.33. The van der Waals surface area contributed by atoms with Gasteiger partial charge in [0.1, 0.15) is 12.1 Å². The molecule has 0 aliphatic rings. The van der Waals surface area contributed by atoms with Crippen LogP contribution in [0.3, 0.4) is 0 Å². The highest BCUT2D eigenvalue weighted by Gasteiger charge is 2.11. The standard InChI is InChI=1S/C20H22N4O2/c1-3-24(4-2)18-11-10-16(13-21-18)22-19(25)12-17-14-26-20(23-17)15-8-6-5-7-9-15/h5-11,13-14H,3-4,12H2,1-2H3,(H,22,25). The van der Waals surface area contributed by atoms with Gasteiger partial charge in [0.25, 0.3) is 0 Å². The minimum absolute atomic E-state index is 0.147. The van der Waals surface area contributed by atoms with Gasteiger partial charge in [0.2, 0.25) is 11.8 Å². The molecule has 1 aromatic carbocycles. The highest BCUT2D eigenvalue weighted by molar-refractivity contribution is 5.91. The van der Waals surface area contributed by atoms with Gasteiger partial charge in [0.05, 0.1) is 24.0 Å². The Hall–Kier alpha value is -3.15. The summed E-state index contributed by atoms with van der Waals surface area (Å²) < 4.78 is 5.46. The van der Waals surface area contributed by atoms with E-state index in [1.165, 1.54) is 6.26 Å². The third kappa shape index (κ3) is 4.27. The van der Waals surface area contributed by atoms with E-state index in [1.54, 1.807) is 6.20 Å². The average molecular weight is 350 g/mol. The molecule has 0 saturated carbocycles. The van der Waals surface area contributed by atoms with E-state index in [4.69, 9.17) is 4.42 Å². The van der Waals surface area contributed by atoms with Crippen LogP contribution in [0, 0.1) is 0 Å². The van der Waals surface area contributed by atoms with Crippen molar-refractivity contribution in [2.45, 2.75) is 20.3 Å². The summed E-state index contributed by atoms with van der Waals surface area (Å²) in [5.41, 5.74) is 2.14. The summed E-state index contributed by atoms with van der Waals surface area (Å²) in [6, 6.07) is 13.4. The minimum Gasteiger partial charge on any atom is -0.444 e. The Labute approximate surface area is 152 Å². The fourth-order valence-corrected chi connectivity index (χ4v) is 2.67. The number of rotatable bonds is 7. The van der Waals surface area contributed by atoms with Crippen LogP contribution in [0.2, 0.25) is 0 Å². The van der Waals surface area contributed by atoms with E-state index >= 15 is 0 Å². The van der Waals surface area contributed by atoms with Gasteiger partial charge in [-0.3, -0.25) is 4.79 Å². The number of amides is 1. The highest BCUT2D eigenvalue weighted by Crippen LogP contribution is 2.18. The first-order chi connectivity index (χ1) is 12.7. The lowest BCUT2D eigenvalue weighted by Crippen LogP contribution is -2.23. The fraction of sp³-hybridized carbons (Fsp3) is 0.250. The van der Waals surface area contributed by atoms with Gasteiger partial charge in [-0.2, -0.15) is 0 Å². The van der Waals surface area contributed by atoms with E-state index < -0.39 is 0 Å². The number of carbonyl (C=O) groups excluding carboxylic acids is 1. The molecular weight excluding hydrogens is 328 g/mol. The van der Waals surface area contributed by atoms with Crippen molar-refractivity contribution < 1.29 is 9.21 Å². The number of hydrogen-bond donors (Lipinski definition) is 1. The van der Waals surface area contributed by atoms with Gasteiger partial charge in [-0.05, 0) is 38.1 Å². The molecule has 134 valence electrons. The quantitative estimate of drug-likeness (QED) is 0.702. The Morgan fingerprint density at radius 2 is 1.88 bits per heavy atom. The molecule has 1 amide bonds. The number of hydrogen-bond acceptors (Lipinski definition) is 5. The first kappa shape index (κ1) is 17.7. The predicted octanol–water partition coefficient (Wildman–Crippen LogP) is 3.76. The van der Waals surface area contributed by atoms with E-state index in [1.807, 2.05) is 42.5 Å². The summed E-state index contributed by atoms with van der Waals surface area (Å²) in [6.45, 7) is 5.96. The zero-order valence-corrected chi connectivity index (χ0v) is 15.0. The molecule has 3 rings (SSSR count). The van der Waals surface area contributed by atoms with Gasteiger partial charge in [0, 0.05) is 18.7 Å². The normalized spacial score (nSPS) is 10.5. The molecule has 2 aromatic heterocycles. The maximum atomic E-state index is 12.2. The van der Waals surface area contributed by atoms with Gasteiger partial charge in [-0.15, -0.1) is 0 Å². The number of anilines is 2. The van der Waals surface area contributed by atoms with Gasteiger partial charge >= 0.3 is 0 Å². The molecule has 3 aromatic rings. The lowest BCUT2D eigenvalue weighted by atomic mass is 10.2. The zero-order chi connectivity index (χ0) is 18.4. The number of nitrogens with zero attached hydrogens (tertiary/aromatic N) is 3. The molecule has 26 heavy (non-hydrogen) atoms. The lowest BCUT2D eigenvalue weighted by molar-refractivity contribution is -0.115. The second-order valence-corrected chi connectivity index (χ2v) is 5.81. The Morgan fingerprint density at radius 3 is 2.54 bits per heavy atom. The summed E-state index contributed by atoms with van der Waals surface area (Å²) in [5.74, 6) is 1.26. The molecule has 6 nitrogen and oxygen atoms in total. The van der Waals surface area contributed by atoms with Crippen LogP contribution in [-0.2, 0) is 11.2 Å². The van der Waals surface area contributed by atoms with Gasteiger partial charge < -0.3 is 14.6 Å². The Kier molecular flexibility index (Phi) is 5.63. The van der Waals surface area contributed by atoms with E-state index in [0.29, 0.717) is 17.3 Å². The van der Waals surface area contributed by atoms with E-state index in [2.05, 4.69) is 34.0 Å². The number of aromatic nitrogens is 2. The van der Waals surface area contributed by atoms with Crippen molar-refractivity contribution in [3.8, 4) is 11.5 Å². The number of pyridine rings is 1. The lowest BCUT2D eigenvalue weighted by Gasteiger charge is -2.19. The van der Waals surface area contributed by atoms with Crippen LogP contribution < -0.4 is 10.2 Å². The third-order valence-corrected chi connectivity index (χ3v) is 4.03. The van der Waals surface area contributed by atoms with E-state index in [-0.39, 0.29) is 12.3 Å². The summed E-state index contributed by atoms with van der Waals surface area (Å²) in [5, 5.41) is 2.84. The van der Waals surface area contributed by atoms with E-state index in [9.17, 15) is 4.79 Å². The molecule has 0 radical (unpaired) electrons. The van der Waals surface area contributed by atoms with Crippen LogP contribution in [0.25, 0.3) is 11.5 Å². The molecule has 0 unspecified atom stereocenters. The monoisotopic (exact) mass is 350 g/mol. The van der Waals surface area contributed by atoms with Gasteiger partial charge in [0.15, 0.2) is 0 Å². The third-order valence-electron chi connectivity index (χ3n) is 4.03. The second-order valence-electron chi connectivity index (χ2n) is 5.81. The van der Waals surface area contributed by atoms with Crippen LogP contribution in [0.5, 0.6) is 0 Å². The van der Waals surface area contributed by atoms with Crippen LogP contribution in [-0.4, -0.2) is 29.0 Å². The van der Waals surface area contributed by atoms with Crippen molar-refractivity contribution in [1.82, 2.24) is 9.97 Å². The second kappa shape index (κ2) is 8.29. The predicted molar refractivity (Wildman–Crippen MR) is 102 cm³/mol. The molecule has 2 heterocycles. The van der Waals surface area contributed by atoms with Gasteiger partial charge in [-0.1, -0.05) is 18.2 Å². The molecule has 1 N–H and O–H groups in total. The summed E-state index contributed by atoms with van der Waals surface area (Å²) in [4.78, 5) is 23.1. The smallest absolute Gasteiger partial charge is 0.230 e. The van der Waals surface area contributed by atoms with Crippen molar-refractivity contribution in [1.29, 1.82) is 0 Å². The molecule has 0 aliphatic carbocycles. The highest BCUT2D eigenvalue weighted by atomic mass is 16.3. The molecule has 6 heteroatoms. The fourth-order valence-electron chi connectivity index (χ4n) is 2.67. The molecule has 0 saturated heterocycles. The summed E-state index contributed by atoms with van der Waals surface area (Å²) >= 11 is 0. The number of benzene rings is 1. The largest absolute Gasteiger partial charge is 0.444 e. The Morgan fingerprint density at radius 1 is 1.12 bits per heavy atom. The van der Waals surface area contributed by atoms with Crippen LogP contribution in [0.4, 0.5) is 11.5 Å². The molecule has 0 fully saturated rings. The molecule has 0 atom stereocenters. The maximum absolute atomic E-state index is 12.2. The summed E-state index contributed by atoms with van der Waals surface area (Å²) in [7, 11) is 0. The van der Waals surface area contributed by atoms with Crippen molar-refractivity contribution in [3.05, 3.63) is 60.6 Å². The SMILES string of the molecule is CCN(CC)c1ccc(NC(=O)Cc2coc(-c3ccccc3)n2)cn1. The van der Waals surface area contributed by atoms with Crippen LogP contribution >= 0.6 is 0 Å². The van der Waals surface area contributed by atoms with E-state index in [0.717, 1.165) is 24.5 Å². The van der Waals surface area contributed by atoms with Crippen molar-refractivity contribution in [3.63, 3.8) is 0 Å². The Bertz CT molecular complexity index is 840. The first-order valence-corrected chi connectivity index (χ1v) is 8.70. The molecule has 0 spiro atoms. The first-order valence-electron chi connectivity index (χ1n) is 8.70. The molecule has 0 bridgehead atoms. The number of carbonyl (C=O) groups is 1. The Balaban J connectivity index is 1.60. The molecule has 0 aliphatic heterocycles. The van der Waals surface area contributed by atoms with Crippen molar-refractivity contribution >= 4 is 17.4 Å².